The van der Waals surface area contributed by atoms with Gasteiger partial charge in [-0.15, -0.1) is 0 Å². The van der Waals surface area contributed by atoms with Gasteiger partial charge in [0.15, 0.2) is 5.78 Å². The molecule has 170 valence electrons. The van der Waals surface area contributed by atoms with Gasteiger partial charge in [0, 0.05) is 15.2 Å². The Hall–Kier alpha value is -2.03. The first-order valence-electron chi connectivity index (χ1n) is 10.6. The molecular weight excluding hydrogens is 576 g/mol. The third kappa shape index (κ3) is 3.58. The molecule has 33 heavy (non-hydrogen) atoms. The van der Waals surface area contributed by atoms with Gasteiger partial charge < -0.3 is 0 Å². The number of hydrazine groups is 1. The number of hydrogen-bond acceptors (Lipinski definition) is 4. The fourth-order valence-electron chi connectivity index (χ4n) is 5.43. The maximum atomic E-state index is 13.6. The normalized spacial score (nSPS) is 30.0. The van der Waals surface area contributed by atoms with Gasteiger partial charge in [0.1, 0.15) is 6.54 Å². The molecule has 2 aliphatic carbocycles. The maximum Gasteiger partial charge on any atom is 0.274 e. The van der Waals surface area contributed by atoms with Gasteiger partial charge in [-0.2, -0.15) is 5.01 Å². The monoisotopic (exact) mass is 592 g/mol. The molecule has 0 aromatic heterocycles. The highest BCUT2D eigenvalue weighted by Crippen LogP contribution is 2.60. The van der Waals surface area contributed by atoms with Crippen molar-refractivity contribution in [2.24, 2.45) is 23.7 Å². The number of imide groups is 1. The Morgan fingerprint density at radius 2 is 1.45 bits per heavy atom. The number of halogens is 3. The minimum atomic E-state index is -0.662. The highest BCUT2D eigenvalue weighted by atomic mass is 79.9. The van der Waals surface area contributed by atoms with Crippen LogP contribution in [0.2, 0.25) is 5.02 Å². The molecule has 9 heteroatoms. The topological polar surface area (TPSA) is 74.8 Å². The molecule has 3 fully saturated rings. The van der Waals surface area contributed by atoms with E-state index in [1.54, 1.807) is 48.5 Å². The number of carbonyl (C=O) groups excluding carboxylic acids is 4. The van der Waals surface area contributed by atoms with Crippen LogP contribution in [0.3, 0.4) is 0 Å². The van der Waals surface area contributed by atoms with Gasteiger partial charge in [-0.25, -0.2) is 5.01 Å². The number of amides is 3. The molecule has 2 aromatic carbocycles. The number of alkyl halides is 2. The molecule has 2 bridgehead atoms. The van der Waals surface area contributed by atoms with E-state index in [4.69, 9.17) is 11.6 Å². The molecule has 0 spiro atoms. The van der Waals surface area contributed by atoms with E-state index < -0.39 is 36.1 Å². The predicted molar refractivity (Wildman–Crippen MR) is 129 cm³/mol. The average Bonchev–Trinajstić information content (AvgIpc) is 3.43. The van der Waals surface area contributed by atoms with Gasteiger partial charge >= 0.3 is 0 Å². The molecule has 0 radical (unpaired) electrons. The molecule has 3 amide bonds. The van der Waals surface area contributed by atoms with Crippen LogP contribution in [0.25, 0.3) is 0 Å². The molecular formula is C24H19Br2ClN2O4. The lowest BCUT2D eigenvalue weighted by atomic mass is 9.81. The molecule has 1 heterocycles. The zero-order valence-corrected chi connectivity index (χ0v) is 21.2. The van der Waals surface area contributed by atoms with Gasteiger partial charge in [0.05, 0.1) is 22.4 Å². The number of ketones is 1. The molecule has 2 aromatic rings. The number of carbonyl (C=O) groups is 4. The number of nitrogens with zero attached hydrogens (tertiary/aromatic N) is 2. The average molecular weight is 595 g/mol. The predicted octanol–water partition coefficient (Wildman–Crippen LogP) is 4.36. The van der Waals surface area contributed by atoms with Crippen LogP contribution in [0.1, 0.15) is 27.1 Å². The molecule has 6 atom stereocenters. The first kappa shape index (κ1) is 22.7. The summed E-state index contributed by atoms with van der Waals surface area (Å²) < 4.78 is 0. The van der Waals surface area contributed by atoms with Crippen LogP contribution in [0.5, 0.6) is 0 Å². The number of Topliss-reactive ketones (excluding diaryl/α,β-unsaturated/α-hetero) is 1. The molecule has 1 aliphatic heterocycles. The zero-order chi connectivity index (χ0) is 23.4. The van der Waals surface area contributed by atoms with Crippen LogP contribution in [0.15, 0.2) is 54.6 Å². The molecule has 1 saturated heterocycles. The molecule has 0 N–H and O–H groups in total. The Labute approximate surface area is 212 Å². The fourth-order valence-corrected chi connectivity index (χ4v) is 7.52. The van der Waals surface area contributed by atoms with E-state index in [0.717, 1.165) is 16.4 Å². The van der Waals surface area contributed by atoms with Crippen molar-refractivity contribution in [1.82, 2.24) is 10.0 Å². The maximum absolute atomic E-state index is 13.6. The molecule has 0 unspecified atom stereocenters. The quantitative estimate of drug-likeness (QED) is 0.293. The SMILES string of the molecule is O=C(CN(C(=O)c1ccccc1Cl)N1C(=O)[C@@H]2[C@H]3C[C@@H]([C@H](Br)[C@H]3Br)[C@@H]2C1=O)c1ccccc1. The number of benzene rings is 2. The van der Waals surface area contributed by atoms with Crippen molar-refractivity contribution in [2.75, 3.05) is 6.54 Å². The summed E-state index contributed by atoms with van der Waals surface area (Å²) >= 11 is 13.6. The second-order valence-electron chi connectivity index (χ2n) is 8.62. The van der Waals surface area contributed by atoms with Crippen LogP contribution >= 0.6 is 43.5 Å². The largest absolute Gasteiger partial charge is 0.292 e. The first-order chi connectivity index (χ1) is 15.8. The van der Waals surface area contributed by atoms with Crippen molar-refractivity contribution in [3.05, 3.63) is 70.7 Å². The lowest BCUT2D eigenvalue weighted by Crippen LogP contribution is -2.52. The Balaban J connectivity index is 1.53. The van der Waals surface area contributed by atoms with Crippen LogP contribution in [-0.4, -0.2) is 49.7 Å². The minimum absolute atomic E-state index is 0.00656. The van der Waals surface area contributed by atoms with Crippen LogP contribution in [0, 0.1) is 23.7 Å². The second kappa shape index (κ2) is 8.64. The van der Waals surface area contributed by atoms with E-state index in [0.29, 0.717) is 5.56 Å². The zero-order valence-electron chi connectivity index (χ0n) is 17.2. The van der Waals surface area contributed by atoms with E-state index in [-0.39, 0.29) is 37.9 Å². The third-order valence-corrected chi connectivity index (χ3v) is 10.5. The summed E-state index contributed by atoms with van der Waals surface area (Å²) in [4.78, 5) is 53.8. The standard InChI is InChI=1S/C24H19Br2ClN2O4/c25-20-14-10-15(21(20)26)19-18(14)23(32)29(24(19)33)28(11-17(30)12-6-2-1-3-7-12)22(31)13-8-4-5-9-16(13)27/h1-9,14-15,18-21H,10-11H2/t14-,15-,18-,19+,20+,21+/m1/s1. The van der Waals surface area contributed by atoms with E-state index in [1.165, 1.54) is 6.07 Å². The van der Waals surface area contributed by atoms with E-state index >= 15 is 0 Å². The lowest BCUT2D eigenvalue weighted by molar-refractivity contribution is -0.154. The summed E-state index contributed by atoms with van der Waals surface area (Å²) in [6.45, 7) is -0.449. The summed E-state index contributed by atoms with van der Waals surface area (Å²) in [6.07, 6.45) is 0.772. The van der Waals surface area contributed by atoms with Crippen molar-refractivity contribution < 1.29 is 19.2 Å². The van der Waals surface area contributed by atoms with Crippen LogP contribution in [0.4, 0.5) is 0 Å². The third-order valence-electron chi connectivity index (χ3n) is 6.93. The summed E-state index contributed by atoms with van der Waals surface area (Å²) in [6, 6.07) is 14.9. The van der Waals surface area contributed by atoms with Gasteiger partial charge in [0.25, 0.3) is 17.7 Å². The van der Waals surface area contributed by atoms with Crippen molar-refractivity contribution in [3.63, 3.8) is 0 Å². The number of hydrogen-bond donors (Lipinski definition) is 0. The first-order valence-corrected chi connectivity index (χ1v) is 12.8. The van der Waals surface area contributed by atoms with Crippen molar-refractivity contribution in [1.29, 1.82) is 0 Å². The Kier molecular flexibility index (Phi) is 5.95. The smallest absolute Gasteiger partial charge is 0.274 e. The van der Waals surface area contributed by atoms with Gasteiger partial charge in [-0.1, -0.05) is 85.9 Å². The molecule has 6 nitrogen and oxygen atoms in total. The Morgan fingerprint density at radius 1 is 0.909 bits per heavy atom. The lowest BCUT2D eigenvalue weighted by Gasteiger charge is -2.31. The minimum Gasteiger partial charge on any atom is -0.292 e. The van der Waals surface area contributed by atoms with Crippen LogP contribution in [-0.2, 0) is 9.59 Å². The highest BCUT2D eigenvalue weighted by Gasteiger charge is 2.67. The summed E-state index contributed by atoms with van der Waals surface area (Å²) in [5.41, 5.74) is 0.507. The summed E-state index contributed by atoms with van der Waals surface area (Å²) in [5.74, 6) is -2.92. The van der Waals surface area contributed by atoms with Crippen molar-refractivity contribution in [3.8, 4) is 0 Å². The number of fused-ring (bicyclic) bond motifs is 5. The van der Waals surface area contributed by atoms with Crippen LogP contribution < -0.4 is 0 Å². The van der Waals surface area contributed by atoms with Gasteiger partial charge in [0.2, 0.25) is 0 Å². The second-order valence-corrected chi connectivity index (χ2v) is 11.1. The molecule has 2 saturated carbocycles. The summed E-state index contributed by atoms with van der Waals surface area (Å²) in [5, 5.41) is 2.07. The van der Waals surface area contributed by atoms with Crippen molar-refractivity contribution in [2.45, 2.75) is 16.1 Å². The number of rotatable bonds is 5. The fraction of sp³-hybridized carbons (Fsp3) is 0.333. The van der Waals surface area contributed by atoms with E-state index in [1.807, 2.05) is 0 Å². The van der Waals surface area contributed by atoms with Gasteiger partial charge in [-0.05, 0) is 30.4 Å². The van der Waals surface area contributed by atoms with E-state index in [9.17, 15) is 19.2 Å². The molecule has 5 rings (SSSR count). The Bertz CT molecular complexity index is 1130. The van der Waals surface area contributed by atoms with Crippen molar-refractivity contribution >= 4 is 67.0 Å². The van der Waals surface area contributed by atoms with E-state index in [2.05, 4.69) is 31.9 Å². The molecule has 3 aliphatic rings. The van der Waals surface area contributed by atoms with Gasteiger partial charge in [-0.3, -0.25) is 19.2 Å². The highest BCUT2D eigenvalue weighted by molar-refractivity contribution is 9.12. The summed E-state index contributed by atoms with van der Waals surface area (Å²) in [7, 11) is 0. The Morgan fingerprint density at radius 3 is 2.03 bits per heavy atom.